The second kappa shape index (κ2) is 7.48. The Balaban J connectivity index is 1.98. The van der Waals surface area contributed by atoms with Crippen LogP contribution in [-0.4, -0.2) is 36.0 Å². The molecule has 0 aromatic carbocycles. The number of halogens is 1. The Bertz CT molecular complexity index is 378. The molecule has 1 saturated heterocycles. The molecule has 5 heteroatoms. The van der Waals surface area contributed by atoms with E-state index in [1.165, 1.54) is 6.42 Å². The van der Waals surface area contributed by atoms with E-state index in [1.807, 2.05) is 18.3 Å². The molecule has 2 unspecified atom stereocenters. The fourth-order valence-electron chi connectivity index (χ4n) is 1.99. The number of thioether (sulfide) groups is 1. The van der Waals surface area contributed by atoms with Crippen LogP contribution in [0, 0.1) is 0 Å². The van der Waals surface area contributed by atoms with E-state index in [9.17, 15) is 0 Å². The second-order valence-corrected chi connectivity index (χ2v) is 6.45. The third-order valence-corrected chi connectivity index (χ3v) is 5.17. The van der Waals surface area contributed by atoms with Crippen molar-refractivity contribution in [3.63, 3.8) is 0 Å². The van der Waals surface area contributed by atoms with E-state index in [0.717, 1.165) is 35.7 Å². The van der Waals surface area contributed by atoms with Gasteiger partial charge in [0.05, 0.1) is 6.61 Å². The Morgan fingerprint density at radius 2 is 2.50 bits per heavy atom. The highest BCUT2D eigenvalue weighted by atomic mass is 79.9. The van der Waals surface area contributed by atoms with Crippen LogP contribution in [-0.2, 0) is 4.74 Å². The summed E-state index contributed by atoms with van der Waals surface area (Å²) in [4.78, 5) is 4.42. The van der Waals surface area contributed by atoms with Crippen molar-refractivity contribution in [2.24, 2.45) is 0 Å². The van der Waals surface area contributed by atoms with E-state index in [-0.39, 0.29) is 0 Å². The van der Waals surface area contributed by atoms with E-state index in [1.54, 1.807) is 11.8 Å². The molecule has 100 valence electrons. The normalized spacial score (nSPS) is 24.1. The molecule has 1 aliphatic heterocycles. The van der Waals surface area contributed by atoms with Crippen LogP contribution in [0.25, 0.3) is 0 Å². The zero-order valence-electron chi connectivity index (χ0n) is 10.6. The number of nitrogens with zero attached hydrogens (tertiary/aromatic N) is 1. The van der Waals surface area contributed by atoms with Crippen molar-refractivity contribution in [1.82, 2.24) is 10.3 Å². The van der Waals surface area contributed by atoms with Gasteiger partial charge in [-0.25, -0.2) is 4.98 Å². The van der Waals surface area contributed by atoms with Gasteiger partial charge in [0.1, 0.15) is 5.03 Å². The van der Waals surface area contributed by atoms with E-state index in [0.29, 0.717) is 11.3 Å². The highest BCUT2D eigenvalue weighted by Gasteiger charge is 2.27. The van der Waals surface area contributed by atoms with Crippen LogP contribution in [0.5, 0.6) is 0 Å². The second-order valence-electron chi connectivity index (χ2n) is 4.37. The lowest BCUT2D eigenvalue weighted by atomic mass is 10.1. The number of nitrogens with one attached hydrogen (secondary N) is 1. The van der Waals surface area contributed by atoms with Gasteiger partial charge in [-0.3, -0.25) is 0 Å². The Labute approximate surface area is 121 Å². The molecule has 2 heterocycles. The summed E-state index contributed by atoms with van der Waals surface area (Å²) >= 11 is 5.36. The van der Waals surface area contributed by atoms with Crippen molar-refractivity contribution < 1.29 is 4.74 Å². The summed E-state index contributed by atoms with van der Waals surface area (Å²) in [6, 6.07) is 4.50. The molecular weight excluding hydrogens is 312 g/mol. The Kier molecular flexibility index (Phi) is 5.95. The van der Waals surface area contributed by atoms with Crippen molar-refractivity contribution >= 4 is 27.7 Å². The fraction of sp³-hybridized carbons (Fsp3) is 0.615. The first-order valence-corrected chi connectivity index (χ1v) is 8.07. The van der Waals surface area contributed by atoms with Crippen LogP contribution in [0.15, 0.2) is 27.8 Å². The molecule has 0 bridgehead atoms. The quantitative estimate of drug-likeness (QED) is 0.899. The van der Waals surface area contributed by atoms with Gasteiger partial charge in [0.25, 0.3) is 0 Å². The summed E-state index contributed by atoms with van der Waals surface area (Å²) in [5.74, 6) is 0. The molecule has 2 rings (SSSR count). The van der Waals surface area contributed by atoms with Crippen molar-refractivity contribution in [2.45, 2.75) is 36.1 Å². The number of aromatic nitrogens is 1. The zero-order chi connectivity index (χ0) is 12.8. The molecule has 1 N–H and O–H groups in total. The van der Waals surface area contributed by atoms with Crippen molar-refractivity contribution in [1.29, 1.82) is 0 Å². The number of hydrogen-bond acceptors (Lipinski definition) is 4. The molecule has 2 atom stereocenters. The zero-order valence-corrected chi connectivity index (χ0v) is 13.0. The Morgan fingerprint density at radius 3 is 3.28 bits per heavy atom. The van der Waals surface area contributed by atoms with Crippen LogP contribution in [0.3, 0.4) is 0 Å². The average molecular weight is 331 g/mol. The summed E-state index contributed by atoms with van der Waals surface area (Å²) in [7, 11) is 0. The maximum absolute atomic E-state index is 5.60. The maximum Gasteiger partial charge on any atom is 0.111 e. The molecule has 3 nitrogen and oxygen atoms in total. The first-order chi connectivity index (χ1) is 8.81. The van der Waals surface area contributed by atoms with Gasteiger partial charge in [-0.1, -0.05) is 18.7 Å². The van der Waals surface area contributed by atoms with Crippen LogP contribution in [0.4, 0.5) is 0 Å². The lowest BCUT2D eigenvalue weighted by Crippen LogP contribution is -2.45. The monoisotopic (exact) mass is 330 g/mol. The SMILES string of the molecule is CCCNC1CCOCC1Sc1ncccc1Br. The van der Waals surface area contributed by atoms with Gasteiger partial charge in [-0.2, -0.15) is 0 Å². The molecular formula is C13H19BrN2OS. The van der Waals surface area contributed by atoms with Crippen LogP contribution < -0.4 is 5.32 Å². The van der Waals surface area contributed by atoms with Crippen LogP contribution in [0.2, 0.25) is 0 Å². The molecule has 1 aromatic heterocycles. The van der Waals surface area contributed by atoms with E-state index < -0.39 is 0 Å². The Hall–Kier alpha value is -0.100. The van der Waals surface area contributed by atoms with Gasteiger partial charge < -0.3 is 10.1 Å². The number of pyridine rings is 1. The molecule has 0 aliphatic carbocycles. The van der Waals surface area contributed by atoms with Gasteiger partial charge in [0.15, 0.2) is 0 Å². The lowest BCUT2D eigenvalue weighted by Gasteiger charge is -2.31. The van der Waals surface area contributed by atoms with Gasteiger partial charge in [0.2, 0.25) is 0 Å². The summed E-state index contributed by atoms with van der Waals surface area (Å²) in [6.07, 6.45) is 4.09. The molecule has 18 heavy (non-hydrogen) atoms. The largest absolute Gasteiger partial charge is 0.380 e. The molecule has 0 amide bonds. The summed E-state index contributed by atoms with van der Waals surface area (Å²) < 4.78 is 6.67. The first-order valence-electron chi connectivity index (χ1n) is 6.39. The topological polar surface area (TPSA) is 34.1 Å². The van der Waals surface area contributed by atoms with E-state index in [2.05, 4.69) is 33.2 Å². The van der Waals surface area contributed by atoms with Crippen molar-refractivity contribution in [2.75, 3.05) is 19.8 Å². The third-order valence-electron chi connectivity index (χ3n) is 2.95. The minimum absolute atomic E-state index is 0.441. The van der Waals surface area contributed by atoms with Crippen LogP contribution in [0.1, 0.15) is 19.8 Å². The van der Waals surface area contributed by atoms with Crippen molar-refractivity contribution in [3.8, 4) is 0 Å². The standard InChI is InChI=1S/C13H19BrN2OS/c1-2-6-15-11-5-8-17-9-12(11)18-13-10(14)4-3-7-16-13/h3-4,7,11-12,15H,2,5-6,8-9H2,1H3. The van der Waals surface area contributed by atoms with E-state index in [4.69, 9.17) is 4.74 Å². The molecule has 0 saturated carbocycles. The minimum atomic E-state index is 0.441. The number of rotatable bonds is 5. The molecule has 1 fully saturated rings. The highest BCUT2D eigenvalue weighted by molar-refractivity contribution is 9.10. The molecule has 0 spiro atoms. The van der Waals surface area contributed by atoms with Gasteiger partial charge >= 0.3 is 0 Å². The molecule has 1 aromatic rings. The van der Waals surface area contributed by atoms with Gasteiger partial charge in [0, 0.05) is 28.6 Å². The van der Waals surface area contributed by atoms with E-state index >= 15 is 0 Å². The average Bonchev–Trinajstić information content (AvgIpc) is 2.40. The van der Waals surface area contributed by atoms with Crippen molar-refractivity contribution in [3.05, 3.63) is 22.8 Å². The lowest BCUT2D eigenvalue weighted by molar-refractivity contribution is 0.0833. The Morgan fingerprint density at radius 1 is 1.61 bits per heavy atom. The smallest absolute Gasteiger partial charge is 0.111 e. The minimum Gasteiger partial charge on any atom is -0.380 e. The third kappa shape index (κ3) is 3.95. The maximum atomic E-state index is 5.60. The fourth-order valence-corrected chi connectivity index (χ4v) is 3.68. The molecule has 1 aliphatic rings. The summed E-state index contributed by atoms with van der Waals surface area (Å²) in [5.41, 5.74) is 0. The highest BCUT2D eigenvalue weighted by Crippen LogP contribution is 2.32. The van der Waals surface area contributed by atoms with Crippen LogP contribution >= 0.6 is 27.7 Å². The summed E-state index contributed by atoms with van der Waals surface area (Å²) in [5, 5.41) is 5.11. The van der Waals surface area contributed by atoms with Gasteiger partial charge in [-0.15, -0.1) is 0 Å². The molecule has 0 radical (unpaired) electrons. The predicted octanol–water partition coefficient (Wildman–Crippen LogP) is 3.09. The first kappa shape index (κ1) is 14.3. The van der Waals surface area contributed by atoms with Gasteiger partial charge in [-0.05, 0) is 47.4 Å². The predicted molar refractivity (Wildman–Crippen MR) is 79.1 cm³/mol. The number of ether oxygens (including phenoxy) is 1. The summed E-state index contributed by atoms with van der Waals surface area (Å²) in [6.45, 7) is 4.94. The number of hydrogen-bond donors (Lipinski definition) is 1.